The van der Waals surface area contributed by atoms with Crippen molar-refractivity contribution in [2.24, 2.45) is 0 Å². The third-order valence-corrected chi connectivity index (χ3v) is 3.02. The van der Waals surface area contributed by atoms with E-state index >= 15 is 0 Å². The highest BCUT2D eigenvalue weighted by Gasteiger charge is 2.14. The highest BCUT2D eigenvalue weighted by atomic mass is 19.1. The van der Waals surface area contributed by atoms with Crippen LogP contribution < -0.4 is 10.7 Å². The first-order chi connectivity index (χ1) is 10.9. The molecule has 1 heterocycles. The molecule has 0 bridgehead atoms. The van der Waals surface area contributed by atoms with E-state index in [1.54, 1.807) is 0 Å². The molecule has 8 heteroatoms. The van der Waals surface area contributed by atoms with Gasteiger partial charge < -0.3 is 15.0 Å². The molecular formula is C15H12F2N2O4. The quantitative estimate of drug-likeness (QED) is 0.832. The van der Waals surface area contributed by atoms with E-state index in [1.165, 1.54) is 6.07 Å². The van der Waals surface area contributed by atoms with Crippen LogP contribution in [0.2, 0.25) is 0 Å². The van der Waals surface area contributed by atoms with Crippen LogP contribution in [0.5, 0.6) is 0 Å². The summed E-state index contributed by atoms with van der Waals surface area (Å²) >= 11 is 0. The van der Waals surface area contributed by atoms with Gasteiger partial charge in [0.25, 0.3) is 5.91 Å². The number of carbonyl (C=O) groups excluding carboxylic acids is 2. The van der Waals surface area contributed by atoms with Crippen LogP contribution in [-0.2, 0) is 11.3 Å². The smallest absolute Gasteiger partial charge is 0.354 e. The first-order valence-corrected chi connectivity index (χ1v) is 6.45. The summed E-state index contributed by atoms with van der Waals surface area (Å²) in [6.45, 7) is -0.219. The van der Waals surface area contributed by atoms with E-state index in [4.69, 9.17) is 0 Å². The fourth-order valence-electron chi connectivity index (χ4n) is 1.81. The fourth-order valence-corrected chi connectivity index (χ4v) is 1.81. The summed E-state index contributed by atoms with van der Waals surface area (Å²) in [7, 11) is 1.15. The maximum absolute atomic E-state index is 13.5. The van der Waals surface area contributed by atoms with E-state index in [2.05, 4.69) is 15.0 Å². The second-order valence-electron chi connectivity index (χ2n) is 4.53. The normalized spacial score (nSPS) is 10.2. The number of methoxy groups -OCH3 is 1. The number of benzene rings is 1. The molecule has 0 atom stereocenters. The minimum absolute atomic E-state index is 0.0716. The number of ether oxygens (including phenoxy) is 1. The largest absolute Gasteiger partial charge is 0.464 e. The van der Waals surface area contributed by atoms with Gasteiger partial charge in [-0.2, -0.15) is 0 Å². The van der Waals surface area contributed by atoms with Crippen LogP contribution in [0, 0.1) is 11.6 Å². The van der Waals surface area contributed by atoms with Gasteiger partial charge in [-0.25, -0.2) is 13.6 Å². The van der Waals surface area contributed by atoms with Crippen molar-refractivity contribution in [2.45, 2.75) is 6.54 Å². The predicted molar refractivity (Wildman–Crippen MR) is 75.9 cm³/mol. The van der Waals surface area contributed by atoms with Crippen molar-refractivity contribution in [1.29, 1.82) is 0 Å². The Hall–Kier alpha value is -3.03. The number of carbonyl (C=O) groups is 2. The van der Waals surface area contributed by atoms with Gasteiger partial charge in [0, 0.05) is 30.4 Å². The van der Waals surface area contributed by atoms with E-state index in [1.807, 2.05) is 0 Å². The number of halogens is 2. The third kappa shape index (κ3) is 3.79. The van der Waals surface area contributed by atoms with Gasteiger partial charge in [-0.05, 0) is 6.07 Å². The molecule has 23 heavy (non-hydrogen) atoms. The van der Waals surface area contributed by atoms with Gasteiger partial charge in [0.15, 0.2) is 5.43 Å². The Morgan fingerprint density at radius 2 is 2.00 bits per heavy atom. The average molecular weight is 322 g/mol. The Balaban J connectivity index is 2.12. The van der Waals surface area contributed by atoms with Crippen molar-refractivity contribution in [3.63, 3.8) is 0 Å². The van der Waals surface area contributed by atoms with Crippen molar-refractivity contribution in [3.8, 4) is 0 Å². The lowest BCUT2D eigenvalue weighted by Gasteiger charge is -2.07. The molecule has 2 N–H and O–H groups in total. The summed E-state index contributed by atoms with van der Waals surface area (Å²) in [4.78, 5) is 37.5. The molecule has 0 spiro atoms. The fraction of sp³-hybridized carbons (Fsp3) is 0.133. The maximum atomic E-state index is 13.5. The van der Waals surface area contributed by atoms with Gasteiger partial charge in [-0.1, -0.05) is 6.07 Å². The molecule has 2 rings (SSSR count). The Bertz CT molecular complexity index is 817. The molecule has 0 radical (unpaired) electrons. The van der Waals surface area contributed by atoms with Gasteiger partial charge in [0.05, 0.1) is 7.11 Å². The molecule has 0 aliphatic rings. The van der Waals surface area contributed by atoms with E-state index in [9.17, 15) is 23.2 Å². The number of H-pyrrole nitrogens is 1. The van der Waals surface area contributed by atoms with Crippen LogP contribution in [0.4, 0.5) is 8.78 Å². The average Bonchev–Trinajstić information content (AvgIpc) is 2.52. The number of pyridine rings is 1. The van der Waals surface area contributed by atoms with E-state index in [0.717, 1.165) is 25.4 Å². The number of hydrogen-bond donors (Lipinski definition) is 2. The standard InChI is InChI=1S/C15H12F2N2O4/c1-23-15(22)12-5-13(20)10(7-18-12)14(21)19-6-8-2-3-9(16)4-11(8)17/h2-5,7H,6H2,1H3,(H,18,20)(H,19,21). The number of hydrogen-bond acceptors (Lipinski definition) is 4. The number of nitrogens with one attached hydrogen (secondary N) is 2. The second-order valence-corrected chi connectivity index (χ2v) is 4.53. The Labute approximate surface area is 129 Å². The first-order valence-electron chi connectivity index (χ1n) is 6.45. The predicted octanol–water partition coefficient (Wildman–Crippen LogP) is 1.37. The first kappa shape index (κ1) is 16.3. The Morgan fingerprint density at radius 1 is 1.26 bits per heavy atom. The molecule has 1 aromatic heterocycles. The summed E-state index contributed by atoms with van der Waals surface area (Å²) in [5.41, 5.74) is -0.970. The van der Waals surface area contributed by atoms with Gasteiger partial charge in [-0.15, -0.1) is 0 Å². The van der Waals surface area contributed by atoms with Crippen LogP contribution in [0.3, 0.4) is 0 Å². The van der Waals surface area contributed by atoms with Crippen molar-refractivity contribution >= 4 is 11.9 Å². The summed E-state index contributed by atoms with van der Waals surface area (Å²) in [6, 6.07) is 3.87. The minimum atomic E-state index is -0.805. The van der Waals surface area contributed by atoms with E-state index < -0.39 is 28.9 Å². The topological polar surface area (TPSA) is 88.3 Å². The molecule has 0 aliphatic heterocycles. The second kappa shape index (κ2) is 6.82. The minimum Gasteiger partial charge on any atom is -0.464 e. The number of esters is 1. The van der Waals surface area contributed by atoms with Gasteiger partial charge in [0.2, 0.25) is 0 Å². The lowest BCUT2D eigenvalue weighted by Crippen LogP contribution is -2.29. The lowest BCUT2D eigenvalue weighted by molar-refractivity contribution is 0.0593. The number of amides is 1. The van der Waals surface area contributed by atoms with E-state index in [0.29, 0.717) is 6.07 Å². The van der Waals surface area contributed by atoms with Crippen molar-refractivity contribution in [3.05, 3.63) is 69.1 Å². The van der Waals surface area contributed by atoms with Crippen LogP contribution in [0.1, 0.15) is 26.4 Å². The van der Waals surface area contributed by atoms with Gasteiger partial charge in [0.1, 0.15) is 22.9 Å². The van der Waals surface area contributed by atoms with Crippen LogP contribution >= 0.6 is 0 Å². The Morgan fingerprint density at radius 3 is 2.61 bits per heavy atom. The summed E-state index contributed by atoms with van der Waals surface area (Å²) in [6.07, 6.45) is 1.06. The molecule has 0 saturated carbocycles. The number of aromatic amines is 1. The Kier molecular flexibility index (Phi) is 4.85. The van der Waals surface area contributed by atoms with Crippen molar-refractivity contribution in [1.82, 2.24) is 10.3 Å². The monoisotopic (exact) mass is 322 g/mol. The zero-order valence-corrected chi connectivity index (χ0v) is 12.0. The molecule has 6 nitrogen and oxygen atoms in total. The van der Waals surface area contributed by atoms with Gasteiger partial charge >= 0.3 is 5.97 Å². The lowest BCUT2D eigenvalue weighted by atomic mass is 10.2. The summed E-state index contributed by atoms with van der Waals surface area (Å²) in [5, 5.41) is 2.34. The maximum Gasteiger partial charge on any atom is 0.354 e. The number of aromatic nitrogens is 1. The van der Waals surface area contributed by atoms with Gasteiger partial charge in [-0.3, -0.25) is 9.59 Å². The molecular weight excluding hydrogens is 310 g/mol. The number of rotatable bonds is 4. The van der Waals surface area contributed by atoms with Crippen molar-refractivity contribution < 1.29 is 23.1 Å². The molecule has 120 valence electrons. The van der Waals surface area contributed by atoms with Crippen LogP contribution in [-0.4, -0.2) is 24.0 Å². The summed E-state index contributed by atoms with van der Waals surface area (Å²) in [5.74, 6) is -3.04. The molecule has 1 amide bonds. The summed E-state index contributed by atoms with van der Waals surface area (Å²) < 4.78 is 30.7. The SMILES string of the molecule is COC(=O)c1cc(=O)c(C(=O)NCc2ccc(F)cc2F)c[nH]1. The molecule has 1 aromatic carbocycles. The van der Waals surface area contributed by atoms with Crippen LogP contribution in [0.15, 0.2) is 35.3 Å². The van der Waals surface area contributed by atoms with Crippen molar-refractivity contribution in [2.75, 3.05) is 7.11 Å². The molecule has 0 saturated heterocycles. The molecule has 2 aromatic rings. The highest BCUT2D eigenvalue weighted by Crippen LogP contribution is 2.09. The highest BCUT2D eigenvalue weighted by molar-refractivity contribution is 5.94. The van der Waals surface area contributed by atoms with E-state index in [-0.39, 0.29) is 23.4 Å². The third-order valence-electron chi connectivity index (χ3n) is 3.02. The zero-order chi connectivity index (χ0) is 17.0. The zero-order valence-electron chi connectivity index (χ0n) is 12.0. The molecule has 0 unspecified atom stereocenters. The van der Waals surface area contributed by atoms with Crippen LogP contribution in [0.25, 0.3) is 0 Å². The molecule has 0 aliphatic carbocycles. The molecule has 0 fully saturated rings.